The van der Waals surface area contributed by atoms with Crippen LogP contribution in [0.4, 0.5) is 24.5 Å². The Kier molecular flexibility index (Phi) is 6.66. The summed E-state index contributed by atoms with van der Waals surface area (Å²) < 4.78 is 41.3. The third-order valence-corrected chi connectivity index (χ3v) is 3.62. The molecule has 0 aliphatic rings. The average molecular weight is 377 g/mol. The maximum atomic E-state index is 12.2. The number of para-hydroxylation sites is 1. The minimum absolute atomic E-state index is 0.0546. The number of benzene rings is 2. The number of amides is 1. The van der Waals surface area contributed by atoms with E-state index in [1.807, 2.05) is 25.1 Å². The summed E-state index contributed by atoms with van der Waals surface area (Å²) in [4.78, 5) is 12.1. The first-order valence-electron chi connectivity index (χ1n) is 8.17. The van der Waals surface area contributed by atoms with E-state index < -0.39 is 12.8 Å². The van der Waals surface area contributed by atoms with Crippen molar-refractivity contribution in [3.05, 3.63) is 53.6 Å². The van der Waals surface area contributed by atoms with E-state index in [-0.39, 0.29) is 23.8 Å². The van der Waals surface area contributed by atoms with Crippen LogP contribution < -0.4 is 15.4 Å². The Morgan fingerprint density at radius 3 is 2.63 bits per heavy atom. The van der Waals surface area contributed by atoms with Gasteiger partial charge in [-0.05, 0) is 36.2 Å². The lowest BCUT2D eigenvalue weighted by atomic mass is 10.1. The number of aryl methyl sites for hydroxylation is 1. The predicted molar refractivity (Wildman–Crippen MR) is 95.6 cm³/mol. The van der Waals surface area contributed by atoms with Crippen LogP contribution >= 0.6 is 0 Å². The van der Waals surface area contributed by atoms with E-state index in [1.54, 1.807) is 12.1 Å². The summed E-state index contributed by atoms with van der Waals surface area (Å²) in [5.41, 5.74) is 2.09. The largest absolute Gasteiger partial charge is 0.483 e. The van der Waals surface area contributed by atoms with E-state index in [2.05, 4.69) is 15.4 Å². The number of hydrogen-bond acceptors (Lipinski definition) is 4. The number of carbonyl (C=O) groups is 1. The Bertz CT molecular complexity index is 845. The molecular weight excluding hydrogens is 359 g/mol. The topological polar surface area (TPSA) is 74.2 Å². The summed E-state index contributed by atoms with van der Waals surface area (Å²) in [6.45, 7) is 0.439. The number of carbonyl (C=O) groups excluding carboxylic acids is 1. The molecule has 0 atom stereocenters. The van der Waals surface area contributed by atoms with E-state index in [9.17, 15) is 18.0 Å². The molecule has 2 N–H and O–H groups in total. The van der Waals surface area contributed by atoms with E-state index in [1.165, 1.54) is 18.2 Å². The van der Waals surface area contributed by atoms with E-state index in [0.717, 1.165) is 17.7 Å². The molecule has 0 bridgehead atoms. The maximum absolute atomic E-state index is 12.2. The lowest BCUT2D eigenvalue weighted by Crippen LogP contribution is -2.22. The smallest absolute Gasteiger partial charge is 0.422 e. The van der Waals surface area contributed by atoms with Crippen molar-refractivity contribution in [1.29, 1.82) is 5.26 Å². The number of nitriles is 1. The molecule has 0 unspecified atom stereocenters. The third-order valence-electron chi connectivity index (χ3n) is 3.62. The number of hydrogen-bond donors (Lipinski definition) is 2. The van der Waals surface area contributed by atoms with Crippen LogP contribution in [-0.2, 0) is 11.2 Å². The molecule has 0 aliphatic heterocycles. The van der Waals surface area contributed by atoms with Gasteiger partial charge in [0.25, 0.3) is 0 Å². The summed E-state index contributed by atoms with van der Waals surface area (Å²) in [5, 5.41) is 14.7. The van der Waals surface area contributed by atoms with Gasteiger partial charge in [0, 0.05) is 11.4 Å². The van der Waals surface area contributed by atoms with Gasteiger partial charge < -0.3 is 15.4 Å². The zero-order valence-corrected chi connectivity index (χ0v) is 14.6. The molecule has 2 aromatic rings. The molecule has 0 saturated carbocycles. The van der Waals surface area contributed by atoms with Gasteiger partial charge in [-0.2, -0.15) is 18.4 Å². The van der Waals surface area contributed by atoms with Crippen LogP contribution in [0.3, 0.4) is 0 Å². The summed E-state index contributed by atoms with van der Waals surface area (Å²) in [7, 11) is 0. The van der Waals surface area contributed by atoms with Crippen LogP contribution in [0, 0.1) is 11.3 Å². The zero-order chi connectivity index (χ0) is 19.9. The van der Waals surface area contributed by atoms with Crippen molar-refractivity contribution >= 4 is 17.3 Å². The molecule has 1 amide bonds. The van der Waals surface area contributed by atoms with Crippen molar-refractivity contribution in [3.8, 4) is 11.8 Å². The molecule has 0 heterocycles. The van der Waals surface area contributed by atoms with Gasteiger partial charge in [-0.15, -0.1) is 0 Å². The normalized spacial score (nSPS) is 10.8. The van der Waals surface area contributed by atoms with Crippen molar-refractivity contribution < 1.29 is 22.7 Å². The fourth-order valence-corrected chi connectivity index (χ4v) is 2.34. The Labute approximate surface area is 154 Å². The molecule has 0 saturated heterocycles. The molecule has 0 aliphatic carbocycles. The van der Waals surface area contributed by atoms with Gasteiger partial charge in [0.1, 0.15) is 11.8 Å². The Morgan fingerprint density at radius 1 is 1.22 bits per heavy atom. The van der Waals surface area contributed by atoms with Crippen LogP contribution in [0.1, 0.15) is 18.1 Å². The second kappa shape index (κ2) is 8.94. The summed E-state index contributed by atoms with van der Waals surface area (Å²) in [5.74, 6) is -0.450. The SMILES string of the molecule is CCc1ccccc1NC(=O)CNc1ccc(OCC(F)(F)F)c(C#N)c1. The Balaban J connectivity index is 1.97. The van der Waals surface area contributed by atoms with Gasteiger partial charge >= 0.3 is 6.18 Å². The molecule has 5 nitrogen and oxygen atoms in total. The monoisotopic (exact) mass is 377 g/mol. The van der Waals surface area contributed by atoms with Gasteiger partial charge in [-0.1, -0.05) is 25.1 Å². The quantitative estimate of drug-likeness (QED) is 0.761. The number of nitrogens with one attached hydrogen (secondary N) is 2. The highest BCUT2D eigenvalue weighted by molar-refractivity contribution is 5.94. The highest BCUT2D eigenvalue weighted by Crippen LogP contribution is 2.25. The van der Waals surface area contributed by atoms with E-state index in [0.29, 0.717) is 5.69 Å². The van der Waals surface area contributed by atoms with Crippen LogP contribution in [0.2, 0.25) is 0 Å². The molecule has 2 rings (SSSR count). The molecule has 142 valence electrons. The second-order valence-electron chi connectivity index (χ2n) is 5.64. The van der Waals surface area contributed by atoms with Crippen LogP contribution in [0.15, 0.2) is 42.5 Å². The standard InChI is InChI=1S/C19H18F3N3O2/c1-2-13-5-3-4-6-16(13)25-18(26)11-24-15-7-8-17(14(9-15)10-23)27-12-19(20,21)22/h3-9,24H,2,11-12H2,1H3,(H,25,26). The minimum Gasteiger partial charge on any atom is -0.483 e. The maximum Gasteiger partial charge on any atom is 0.422 e. The first-order chi connectivity index (χ1) is 12.8. The van der Waals surface area contributed by atoms with Crippen LogP contribution in [0.25, 0.3) is 0 Å². The number of rotatable bonds is 7. The van der Waals surface area contributed by atoms with E-state index in [4.69, 9.17) is 5.26 Å². The fourth-order valence-electron chi connectivity index (χ4n) is 2.34. The third kappa shape index (κ3) is 6.22. The van der Waals surface area contributed by atoms with Crippen molar-refractivity contribution in [1.82, 2.24) is 0 Å². The second-order valence-corrected chi connectivity index (χ2v) is 5.64. The van der Waals surface area contributed by atoms with Crippen molar-refractivity contribution in [2.45, 2.75) is 19.5 Å². The predicted octanol–water partition coefficient (Wildman–Crippen LogP) is 4.11. The first-order valence-corrected chi connectivity index (χ1v) is 8.17. The Morgan fingerprint density at radius 2 is 1.96 bits per heavy atom. The van der Waals surface area contributed by atoms with Crippen molar-refractivity contribution in [2.75, 3.05) is 23.8 Å². The summed E-state index contributed by atoms with van der Waals surface area (Å²) in [6, 6.07) is 13.2. The van der Waals surface area contributed by atoms with Crippen LogP contribution in [-0.4, -0.2) is 25.2 Å². The molecule has 8 heteroatoms. The lowest BCUT2D eigenvalue weighted by Gasteiger charge is -2.13. The molecule has 27 heavy (non-hydrogen) atoms. The highest BCUT2D eigenvalue weighted by Gasteiger charge is 2.28. The minimum atomic E-state index is -4.49. The average Bonchev–Trinajstić information content (AvgIpc) is 2.64. The van der Waals surface area contributed by atoms with Crippen molar-refractivity contribution in [2.24, 2.45) is 0 Å². The number of alkyl halides is 3. The molecule has 0 spiro atoms. The molecule has 0 fully saturated rings. The van der Waals surface area contributed by atoms with Gasteiger partial charge in [0.2, 0.25) is 5.91 Å². The van der Waals surface area contributed by atoms with Crippen LogP contribution in [0.5, 0.6) is 5.75 Å². The number of ether oxygens (including phenoxy) is 1. The number of anilines is 2. The van der Waals surface area contributed by atoms with Gasteiger partial charge in [0.05, 0.1) is 12.1 Å². The molecular formula is C19H18F3N3O2. The summed E-state index contributed by atoms with van der Waals surface area (Å²) in [6.07, 6.45) is -3.72. The van der Waals surface area contributed by atoms with Crippen molar-refractivity contribution in [3.63, 3.8) is 0 Å². The fraction of sp³-hybridized carbons (Fsp3) is 0.263. The van der Waals surface area contributed by atoms with Gasteiger partial charge in [0.15, 0.2) is 6.61 Å². The van der Waals surface area contributed by atoms with Gasteiger partial charge in [-0.3, -0.25) is 4.79 Å². The molecule has 0 radical (unpaired) electrons. The highest BCUT2D eigenvalue weighted by atomic mass is 19.4. The molecule has 2 aromatic carbocycles. The number of halogens is 3. The zero-order valence-electron chi connectivity index (χ0n) is 14.6. The van der Waals surface area contributed by atoms with E-state index >= 15 is 0 Å². The first kappa shape index (κ1) is 20.1. The van der Waals surface area contributed by atoms with Gasteiger partial charge in [-0.25, -0.2) is 0 Å². The number of nitrogens with zero attached hydrogens (tertiary/aromatic N) is 1. The molecule has 0 aromatic heterocycles. The Hall–Kier alpha value is -3.21. The lowest BCUT2D eigenvalue weighted by molar-refractivity contribution is -0.153. The summed E-state index contributed by atoms with van der Waals surface area (Å²) >= 11 is 0.